The van der Waals surface area contributed by atoms with E-state index in [1.807, 2.05) is 0 Å². The lowest BCUT2D eigenvalue weighted by Gasteiger charge is -2.19. The van der Waals surface area contributed by atoms with Crippen LogP contribution in [0.15, 0.2) is 24.3 Å². The third-order valence-corrected chi connectivity index (χ3v) is 1.98. The summed E-state index contributed by atoms with van der Waals surface area (Å²) in [5.41, 5.74) is -0.534. The fourth-order valence-electron chi connectivity index (χ4n) is 1.19. The molecule has 1 aromatic carbocycles. The van der Waals surface area contributed by atoms with Gasteiger partial charge in [0.25, 0.3) is 0 Å². The number of alkyl halides is 2. The van der Waals surface area contributed by atoms with E-state index in [0.29, 0.717) is 0 Å². The highest BCUT2D eigenvalue weighted by molar-refractivity contribution is 5.89. The van der Waals surface area contributed by atoms with Crippen molar-refractivity contribution in [1.29, 1.82) is 0 Å². The molecule has 20 heavy (non-hydrogen) atoms. The molecule has 1 N–H and O–H groups in total. The number of carboxylic acid groups (broad SMARTS) is 1. The quantitative estimate of drug-likeness (QED) is 0.862. The van der Waals surface area contributed by atoms with Gasteiger partial charge in [-0.3, -0.25) is 0 Å². The lowest BCUT2D eigenvalue weighted by atomic mass is 10.1. The SMILES string of the molecule is CC(C)(C)OC(=O)c1ccc(OC(F)([18F])C(=O)O)cc1. The number of carbonyl (C=O) groups is 2. The average Bonchev–Trinajstić information content (AvgIpc) is 2.26. The van der Waals surface area contributed by atoms with Gasteiger partial charge in [-0.1, -0.05) is 0 Å². The molecule has 0 aliphatic carbocycles. The van der Waals surface area contributed by atoms with Crippen LogP contribution in [-0.4, -0.2) is 28.8 Å². The maximum Gasteiger partial charge on any atom is 0.501 e. The molecule has 0 amide bonds. The highest BCUT2D eigenvalue weighted by atomic mass is 19.2. The summed E-state index contributed by atoms with van der Waals surface area (Å²) >= 11 is 0. The summed E-state index contributed by atoms with van der Waals surface area (Å²) in [4.78, 5) is 21.9. The third kappa shape index (κ3) is 4.49. The number of hydrogen-bond acceptors (Lipinski definition) is 4. The molecule has 1 unspecified atom stereocenters. The second kappa shape index (κ2) is 5.44. The first-order valence-corrected chi connectivity index (χ1v) is 5.65. The number of aliphatic carboxylic acids is 1. The molecule has 0 saturated carbocycles. The lowest BCUT2D eigenvalue weighted by molar-refractivity contribution is -0.210. The number of ether oxygens (including phenoxy) is 2. The number of benzene rings is 1. The number of carbonyl (C=O) groups excluding carboxylic acids is 1. The molecule has 0 aromatic heterocycles. The third-order valence-electron chi connectivity index (χ3n) is 1.98. The van der Waals surface area contributed by atoms with Gasteiger partial charge < -0.3 is 14.6 Å². The second-order valence-corrected chi connectivity index (χ2v) is 4.95. The molecule has 0 bridgehead atoms. The molecular formula is C13H14F2O5. The van der Waals surface area contributed by atoms with Crippen LogP contribution in [-0.2, 0) is 9.53 Å². The van der Waals surface area contributed by atoms with Crippen LogP contribution in [0.25, 0.3) is 0 Å². The zero-order chi connectivity index (χ0) is 15.6. The standard InChI is InChI=1S/C13H14F2O5/c1-12(2,3)20-10(16)8-4-6-9(7-5-8)19-13(14,15)11(17)18/h4-7H,1-3H3,(H,17,18)/i14-1. The van der Waals surface area contributed by atoms with E-state index >= 15 is 0 Å². The van der Waals surface area contributed by atoms with Crippen molar-refractivity contribution >= 4 is 11.9 Å². The number of carboxylic acids is 1. The average molecular weight is 287 g/mol. The number of hydrogen-bond donors (Lipinski definition) is 1. The molecule has 0 radical (unpaired) electrons. The minimum atomic E-state index is -4.33. The van der Waals surface area contributed by atoms with Crippen molar-refractivity contribution in [3.8, 4) is 5.75 Å². The van der Waals surface area contributed by atoms with Gasteiger partial charge in [-0.05, 0) is 45.0 Å². The largest absolute Gasteiger partial charge is 0.501 e. The molecule has 1 aromatic rings. The maximum absolute atomic E-state index is 12.8. The van der Waals surface area contributed by atoms with Crippen LogP contribution >= 0.6 is 0 Å². The van der Waals surface area contributed by atoms with E-state index in [1.165, 1.54) is 12.1 Å². The maximum atomic E-state index is 12.8. The van der Waals surface area contributed by atoms with Gasteiger partial charge >= 0.3 is 18.0 Å². The second-order valence-electron chi connectivity index (χ2n) is 4.95. The molecule has 7 heteroatoms. The Bertz CT molecular complexity index is 502. The summed E-state index contributed by atoms with van der Waals surface area (Å²) in [6.45, 7) is 5.07. The van der Waals surface area contributed by atoms with Crippen LogP contribution in [0.3, 0.4) is 0 Å². The van der Waals surface area contributed by atoms with Crippen LogP contribution in [0.5, 0.6) is 5.75 Å². The molecule has 0 aliphatic rings. The summed E-state index contributed by atoms with van der Waals surface area (Å²) in [5.74, 6) is -3.38. The minimum Gasteiger partial charge on any atom is -0.474 e. The highest BCUT2D eigenvalue weighted by Crippen LogP contribution is 2.23. The molecule has 0 fully saturated rings. The highest BCUT2D eigenvalue weighted by Gasteiger charge is 2.42. The molecule has 0 heterocycles. The number of esters is 1. The van der Waals surface area contributed by atoms with E-state index in [1.54, 1.807) is 20.8 Å². The van der Waals surface area contributed by atoms with Crippen molar-refractivity contribution in [2.45, 2.75) is 32.5 Å². The van der Waals surface area contributed by atoms with Gasteiger partial charge in [-0.2, -0.15) is 8.78 Å². The van der Waals surface area contributed by atoms with E-state index in [-0.39, 0.29) is 11.3 Å². The van der Waals surface area contributed by atoms with Gasteiger partial charge in [0.1, 0.15) is 11.4 Å². The molecule has 0 aliphatic heterocycles. The van der Waals surface area contributed by atoms with Crippen molar-refractivity contribution in [2.24, 2.45) is 0 Å². The fraction of sp³-hybridized carbons (Fsp3) is 0.385. The Morgan fingerprint density at radius 2 is 1.60 bits per heavy atom. The van der Waals surface area contributed by atoms with Gasteiger partial charge in [0.15, 0.2) is 0 Å². The normalized spacial score (nSPS) is 14.2. The molecule has 1 rings (SSSR count). The summed E-state index contributed by atoms with van der Waals surface area (Å²) in [7, 11) is 0. The van der Waals surface area contributed by atoms with Gasteiger partial charge in [0, 0.05) is 0 Å². The zero-order valence-electron chi connectivity index (χ0n) is 11.1. The van der Waals surface area contributed by atoms with E-state index in [2.05, 4.69) is 4.74 Å². The Kier molecular flexibility index (Phi) is 4.32. The Morgan fingerprint density at radius 1 is 1.10 bits per heavy atom. The number of rotatable bonds is 4. The van der Waals surface area contributed by atoms with Crippen LogP contribution < -0.4 is 4.74 Å². The van der Waals surface area contributed by atoms with E-state index in [4.69, 9.17) is 9.84 Å². The topological polar surface area (TPSA) is 72.8 Å². The van der Waals surface area contributed by atoms with E-state index < -0.39 is 23.6 Å². The van der Waals surface area contributed by atoms with Crippen molar-refractivity contribution < 1.29 is 33.0 Å². The first-order chi connectivity index (χ1) is 9.01. The van der Waals surface area contributed by atoms with Gasteiger partial charge in [0.2, 0.25) is 0 Å². The first-order valence-electron chi connectivity index (χ1n) is 5.65. The monoisotopic (exact) mass is 287 g/mol. The summed E-state index contributed by atoms with van der Waals surface area (Å²) < 4.78 is 34.7. The Morgan fingerprint density at radius 3 is 2.00 bits per heavy atom. The van der Waals surface area contributed by atoms with Crippen molar-refractivity contribution in [2.75, 3.05) is 0 Å². The first kappa shape index (κ1) is 15.9. The minimum absolute atomic E-state index is 0.144. The summed E-state index contributed by atoms with van der Waals surface area (Å²) in [6, 6.07) is 4.55. The molecule has 0 spiro atoms. The molecule has 110 valence electrons. The van der Waals surface area contributed by atoms with Gasteiger partial charge in [-0.15, -0.1) is 0 Å². The fourth-order valence-corrected chi connectivity index (χ4v) is 1.19. The van der Waals surface area contributed by atoms with Crippen molar-refractivity contribution in [3.63, 3.8) is 0 Å². The predicted octanol–water partition coefficient (Wildman–Crippen LogP) is 2.70. The molecular weight excluding hydrogens is 273 g/mol. The van der Waals surface area contributed by atoms with Crippen LogP contribution in [0.2, 0.25) is 0 Å². The molecule has 0 saturated heterocycles. The van der Waals surface area contributed by atoms with Crippen molar-refractivity contribution in [3.05, 3.63) is 29.8 Å². The van der Waals surface area contributed by atoms with Crippen molar-refractivity contribution in [1.82, 2.24) is 0 Å². The number of halogens is 2. The predicted molar refractivity (Wildman–Crippen MR) is 64.8 cm³/mol. The van der Waals surface area contributed by atoms with Crippen LogP contribution in [0.1, 0.15) is 31.1 Å². The molecule has 1 atom stereocenters. The zero-order valence-corrected chi connectivity index (χ0v) is 11.1. The van der Waals surface area contributed by atoms with Crippen LogP contribution in [0.4, 0.5) is 8.78 Å². The summed E-state index contributed by atoms with van der Waals surface area (Å²) in [5, 5.41) is 8.22. The Hall–Kier alpha value is -2.18. The summed E-state index contributed by atoms with van der Waals surface area (Å²) in [6.07, 6.45) is -4.33. The van der Waals surface area contributed by atoms with Gasteiger partial charge in [0.05, 0.1) is 5.56 Å². The van der Waals surface area contributed by atoms with E-state index in [0.717, 1.165) is 12.1 Å². The lowest BCUT2D eigenvalue weighted by Crippen LogP contribution is -2.34. The smallest absolute Gasteiger partial charge is 0.474 e. The Labute approximate surface area is 114 Å². The Balaban J connectivity index is 2.80. The van der Waals surface area contributed by atoms with Gasteiger partial charge in [-0.25, -0.2) is 9.59 Å². The van der Waals surface area contributed by atoms with E-state index in [9.17, 15) is 18.4 Å². The molecule has 5 nitrogen and oxygen atoms in total. The van der Waals surface area contributed by atoms with Crippen LogP contribution in [0, 0.1) is 0 Å².